The maximum atomic E-state index is 12.6. The van der Waals surface area contributed by atoms with Crippen LogP contribution in [-0.4, -0.2) is 81.1 Å². The highest BCUT2D eigenvalue weighted by molar-refractivity contribution is 5.95. The number of rotatable bonds is 8. The molecule has 1 N–H and O–H groups in total. The van der Waals surface area contributed by atoms with Gasteiger partial charge in [0.05, 0.1) is 20.8 Å². The molecule has 9 nitrogen and oxygen atoms in total. The second-order valence-corrected chi connectivity index (χ2v) is 8.11. The quantitative estimate of drug-likeness (QED) is 0.593. The molecule has 1 heterocycles. The van der Waals surface area contributed by atoms with Crippen LogP contribution in [0.2, 0.25) is 0 Å². The number of benzene rings is 2. The molecule has 0 atom stereocenters. The van der Waals surface area contributed by atoms with E-state index < -0.39 is 5.97 Å². The molecule has 0 aliphatic carbocycles. The van der Waals surface area contributed by atoms with Gasteiger partial charge in [0, 0.05) is 31.9 Å². The molecule has 1 aliphatic rings. The monoisotopic (exact) mass is 469 g/mol. The Labute approximate surface area is 199 Å². The highest BCUT2D eigenvalue weighted by atomic mass is 16.5. The molecule has 1 aliphatic heterocycles. The third-order valence-corrected chi connectivity index (χ3v) is 5.79. The molecule has 3 rings (SSSR count). The summed E-state index contributed by atoms with van der Waals surface area (Å²) in [5.74, 6) is -0.207. The smallest absolute Gasteiger partial charge is 0.342 e. The Morgan fingerprint density at radius 3 is 2.24 bits per heavy atom. The Balaban J connectivity index is 1.46. The molecule has 2 aromatic rings. The number of hydrogen-bond acceptors (Lipinski definition) is 7. The topological polar surface area (TPSA) is 97.4 Å². The number of para-hydroxylation sites is 1. The molecule has 1 fully saturated rings. The number of carbonyl (C=O) groups is 3. The van der Waals surface area contributed by atoms with Crippen molar-refractivity contribution in [2.45, 2.75) is 13.8 Å². The van der Waals surface area contributed by atoms with Crippen molar-refractivity contribution in [3.63, 3.8) is 0 Å². The molecule has 9 heteroatoms. The molecule has 1 saturated heterocycles. The van der Waals surface area contributed by atoms with Gasteiger partial charge in [0.15, 0.2) is 6.61 Å². The van der Waals surface area contributed by atoms with Crippen LogP contribution in [0, 0.1) is 13.8 Å². The van der Waals surface area contributed by atoms with Crippen LogP contribution in [0.25, 0.3) is 0 Å². The molecular weight excluding hydrogens is 438 g/mol. The average molecular weight is 470 g/mol. The Morgan fingerprint density at radius 2 is 1.62 bits per heavy atom. The molecule has 0 radical (unpaired) electrons. The lowest BCUT2D eigenvalue weighted by Gasteiger charge is -2.34. The van der Waals surface area contributed by atoms with Gasteiger partial charge >= 0.3 is 5.97 Å². The van der Waals surface area contributed by atoms with E-state index in [1.165, 1.54) is 20.3 Å². The highest BCUT2D eigenvalue weighted by Gasteiger charge is 2.24. The molecule has 0 bridgehead atoms. The number of nitrogens with zero attached hydrogens (tertiary/aromatic N) is 2. The number of hydrogen-bond donors (Lipinski definition) is 1. The van der Waals surface area contributed by atoms with Crippen LogP contribution in [0.5, 0.6) is 11.5 Å². The van der Waals surface area contributed by atoms with Crippen molar-refractivity contribution < 1.29 is 28.6 Å². The van der Waals surface area contributed by atoms with Gasteiger partial charge < -0.3 is 24.4 Å². The summed E-state index contributed by atoms with van der Waals surface area (Å²) < 4.78 is 15.6. The fourth-order valence-corrected chi connectivity index (χ4v) is 3.82. The zero-order valence-corrected chi connectivity index (χ0v) is 20.1. The van der Waals surface area contributed by atoms with Gasteiger partial charge in [-0.05, 0) is 43.2 Å². The first-order valence-electron chi connectivity index (χ1n) is 11.1. The summed E-state index contributed by atoms with van der Waals surface area (Å²) >= 11 is 0. The summed E-state index contributed by atoms with van der Waals surface area (Å²) in [6.07, 6.45) is 0. The summed E-state index contributed by atoms with van der Waals surface area (Å²) in [5, 5.41) is 2.99. The van der Waals surface area contributed by atoms with Crippen molar-refractivity contribution in [2.75, 3.05) is 58.9 Å². The average Bonchev–Trinajstić information content (AvgIpc) is 2.84. The molecule has 0 unspecified atom stereocenters. The molecule has 2 amide bonds. The number of piperazine rings is 1. The maximum Gasteiger partial charge on any atom is 0.342 e. The Hall–Kier alpha value is -3.59. The first-order valence-corrected chi connectivity index (χ1v) is 11.1. The van der Waals surface area contributed by atoms with E-state index in [0.29, 0.717) is 37.7 Å². The number of aryl methyl sites for hydroxylation is 2. The first-order chi connectivity index (χ1) is 16.3. The predicted octanol–water partition coefficient (Wildman–Crippen LogP) is 2.26. The minimum absolute atomic E-state index is 0.0849. The van der Waals surface area contributed by atoms with Crippen molar-refractivity contribution in [3.05, 3.63) is 53.1 Å². The largest absolute Gasteiger partial charge is 0.497 e. The van der Waals surface area contributed by atoms with E-state index >= 15 is 0 Å². The van der Waals surface area contributed by atoms with Crippen molar-refractivity contribution >= 4 is 23.5 Å². The van der Waals surface area contributed by atoms with Crippen molar-refractivity contribution in [2.24, 2.45) is 0 Å². The summed E-state index contributed by atoms with van der Waals surface area (Å²) in [7, 11) is 2.94. The SMILES string of the molecule is COc1ccc(OC)c(C(=O)OCC(=O)N2CCN(CC(=O)Nc3c(C)cccc3C)CC2)c1. The third kappa shape index (κ3) is 6.26. The van der Waals surface area contributed by atoms with E-state index in [9.17, 15) is 14.4 Å². The highest BCUT2D eigenvalue weighted by Crippen LogP contribution is 2.24. The van der Waals surface area contributed by atoms with Crippen LogP contribution in [-0.2, 0) is 14.3 Å². The van der Waals surface area contributed by atoms with Crippen LogP contribution in [0.4, 0.5) is 5.69 Å². The van der Waals surface area contributed by atoms with E-state index in [0.717, 1.165) is 16.8 Å². The van der Waals surface area contributed by atoms with Gasteiger partial charge in [-0.3, -0.25) is 14.5 Å². The molecular formula is C25H31N3O6. The van der Waals surface area contributed by atoms with Gasteiger partial charge in [0.25, 0.3) is 5.91 Å². The van der Waals surface area contributed by atoms with Crippen LogP contribution in [0.3, 0.4) is 0 Å². The van der Waals surface area contributed by atoms with Crippen LogP contribution < -0.4 is 14.8 Å². The molecule has 0 saturated carbocycles. The zero-order chi connectivity index (χ0) is 24.7. The second-order valence-electron chi connectivity index (χ2n) is 8.11. The van der Waals surface area contributed by atoms with Gasteiger partial charge in [0.2, 0.25) is 5.91 Å². The Bertz CT molecular complexity index is 1030. The Kier molecular flexibility index (Phi) is 8.48. The van der Waals surface area contributed by atoms with Crippen molar-refractivity contribution in [1.29, 1.82) is 0 Å². The van der Waals surface area contributed by atoms with Crippen LogP contribution in [0.15, 0.2) is 36.4 Å². The number of carbonyl (C=O) groups excluding carboxylic acids is 3. The molecule has 2 aromatic carbocycles. The van der Waals surface area contributed by atoms with Gasteiger partial charge in [-0.2, -0.15) is 0 Å². The number of ether oxygens (including phenoxy) is 3. The van der Waals surface area contributed by atoms with E-state index in [-0.39, 0.29) is 30.5 Å². The predicted molar refractivity (Wildman–Crippen MR) is 127 cm³/mol. The number of methoxy groups -OCH3 is 2. The third-order valence-electron chi connectivity index (χ3n) is 5.79. The molecule has 0 aromatic heterocycles. The van der Waals surface area contributed by atoms with E-state index in [2.05, 4.69) is 5.32 Å². The van der Waals surface area contributed by atoms with Crippen molar-refractivity contribution in [3.8, 4) is 11.5 Å². The van der Waals surface area contributed by atoms with Gasteiger partial charge in [-0.25, -0.2) is 4.79 Å². The number of esters is 1. The minimum atomic E-state index is -0.661. The lowest BCUT2D eigenvalue weighted by Crippen LogP contribution is -2.51. The van der Waals surface area contributed by atoms with Crippen LogP contribution in [0.1, 0.15) is 21.5 Å². The summed E-state index contributed by atoms with van der Waals surface area (Å²) in [5.41, 5.74) is 3.07. The van der Waals surface area contributed by atoms with Crippen molar-refractivity contribution in [1.82, 2.24) is 9.80 Å². The summed E-state index contributed by atoms with van der Waals surface area (Å²) in [4.78, 5) is 41.2. The lowest BCUT2D eigenvalue weighted by molar-refractivity contribution is -0.136. The maximum absolute atomic E-state index is 12.6. The molecule has 182 valence electrons. The minimum Gasteiger partial charge on any atom is -0.497 e. The van der Waals surface area contributed by atoms with Gasteiger partial charge in [0.1, 0.15) is 17.1 Å². The number of amides is 2. The standard InChI is InChI=1S/C25H31N3O6/c1-17-6-5-7-18(2)24(17)26-22(29)15-27-10-12-28(13-11-27)23(30)16-34-25(31)20-14-19(32-3)8-9-21(20)33-4/h5-9,14H,10-13,15-16H2,1-4H3,(H,26,29). The molecule has 0 spiro atoms. The number of anilines is 1. The van der Waals surface area contributed by atoms with E-state index in [4.69, 9.17) is 14.2 Å². The van der Waals surface area contributed by atoms with E-state index in [1.807, 2.05) is 36.9 Å². The van der Waals surface area contributed by atoms with Crippen LogP contribution >= 0.6 is 0 Å². The fraction of sp³-hybridized carbons (Fsp3) is 0.400. The van der Waals surface area contributed by atoms with Gasteiger partial charge in [-0.1, -0.05) is 18.2 Å². The first kappa shape index (κ1) is 25.0. The van der Waals surface area contributed by atoms with E-state index in [1.54, 1.807) is 17.0 Å². The normalized spacial score (nSPS) is 13.8. The fourth-order valence-electron chi connectivity index (χ4n) is 3.82. The summed E-state index contributed by atoms with van der Waals surface area (Å²) in [6.45, 7) is 5.83. The lowest BCUT2D eigenvalue weighted by atomic mass is 10.1. The zero-order valence-electron chi connectivity index (χ0n) is 20.1. The summed E-state index contributed by atoms with van der Waals surface area (Å²) in [6, 6.07) is 10.7. The Morgan fingerprint density at radius 1 is 0.941 bits per heavy atom. The number of nitrogens with one attached hydrogen (secondary N) is 1. The second kappa shape index (κ2) is 11.5. The molecule has 34 heavy (non-hydrogen) atoms. The van der Waals surface area contributed by atoms with Gasteiger partial charge in [-0.15, -0.1) is 0 Å².